The zero-order chi connectivity index (χ0) is 5.82. The van der Waals surface area contributed by atoms with Crippen LogP contribution in [0.5, 0.6) is 0 Å². The topological polar surface area (TPSA) is 28.7 Å². The molecule has 1 aromatic heterocycles. The predicted octanol–water partition coefficient (Wildman–Crippen LogP) is 1.26. The number of rotatable bonds is 1. The zero-order valence-electron chi connectivity index (χ0n) is 4.46. The van der Waals surface area contributed by atoms with E-state index < -0.39 is 0 Å². The number of hydrogen-bond acceptors (Lipinski definition) is 1. The first kappa shape index (κ1) is 5.09. The van der Waals surface area contributed by atoms with E-state index in [9.17, 15) is 0 Å². The summed E-state index contributed by atoms with van der Waals surface area (Å²) < 4.78 is 0. The maximum Gasteiger partial charge on any atom is 0.0845 e. The molecule has 0 aliphatic rings. The molecule has 0 atom stereocenters. The number of nitrogens with zero attached hydrogens (tertiary/aromatic N) is 1. The molecular formula is C6H7N2. The Kier molecular flexibility index (Phi) is 1.47. The molecule has 1 N–H and O–H groups in total. The third-order valence-corrected chi connectivity index (χ3v) is 0.811. The highest BCUT2D eigenvalue weighted by Crippen LogP contribution is 1.92. The van der Waals surface area contributed by atoms with Crippen LogP contribution >= 0.6 is 0 Å². The molecule has 1 aromatic rings. The van der Waals surface area contributed by atoms with Gasteiger partial charge in [-0.25, -0.2) is 0 Å². The minimum atomic E-state index is 0.917. The van der Waals surface area contributed by atoms with Gasteiger partial charge < -0.3 is 0 Å². The molecule has 2 heteroatoms. The van der Waals surface area contributed by atoms with E-state index in [1.807, 2.05) is 12.1 Å². The molecule has 0 spiro atoms. The Morgan fingerprint density at radius 3 is 3.12 bits per heavy atom. The molecule has 0 saturated carbocycles. The second-order valence-corrected chi connectivity index (χ2v) is 1.40. The summed E-state index contributed by atoms with van der Waals surface area (Å²) in [4.78, 5) is 0. The molecule has 0 bridgehead atoms. The van der Waals surface area contributed by atoms with Crippen LogP contribution in [0.1, 0.15) is 5.69 Å². The summed E-state index contributed by atoms with van der Waals surface area (Å²) in [5, 5.41) is 6.54. The second kappa shape index (κ2) is 2.31. The summed E-state index contributed by atoms with van der Waals surface area (Å²) in [5.41, 5.74) is 0.917. The lowest BCUT2D eigenvalue weighted by atomic mass is 10.4. The molecule has 0 aliphatic carbocycles. The van der Waals surface area contributed by atoms with Crippen molar-refractivity contribution in [1.82, 2.24) is 10.2 Å². The summed E-state index contributed by atoms with van der Waals surface area (Å²) in [6, 6.07) is 1.88. The Labute approximate surface area is 48.2 Å². The van der Waals surface area contributed by atoms with E-state index in [-0.39, 0.29) is 0 Å². The van der Waals surface area contributed by atoms with Crippen molar-refractivity contribution >= 4 is 6.08 Å². The highest BCUT2D eigenvalue weighted by atomic mass is 15.1. The Balaban J connectivity index is 2.77. The number of H-pyrrole nitrogens is 1. The van der Waals surface area contributed by atoms with E-state index in [1.54, 1.807) is 12.3 Å². The van der Waals surface area contributed by atoms with Gasteiger partial charge in [-0.2, -0.15) is 5.10 Å². The SMILES string of the molecule is [CH2]/C=C/c1cc[nH]n1. The molecule has 0 saturated heterocycles. The van der Waals surface area contributed by atoms with Gasteiger partial charge in [-0.15, -0.1) is 0 Å². The minimum Gasteiger partial charge on any atom is -0.285 e. The van der Waals surface area contributed by atoms with E-state index in [2.05, 4.69) is 17.1 Å². The van der Waals surface area contributed by atoms with Crippen LogP contribution in [0.25, 0.3) is 6.08 Å². The highest BCUT2D eigenvalue weighted by Gasteiger charge is 1.81. The molecule has 0 amide bonds. The van der Waals surface area contributed by atoms with Crippen LogP contribution in [0.4, 0.5) is 0 Å². The van der Waals surface area contributed by atoms with E-state index in [4.69, 9.17) is 0 Å². The third kappa shape index (κ3) is 0.964. The second-order valence-electron chi connectivity index (χ2n) is 1.40. The monoisotopic (exact) mass is 107 g/mol. The van der Waals surface area contributed by atoms with E-state index in [1.165, 1.54) is 0 Å². The van der Waals surface area contributed by atoms with Crippen molar-refractivity contribution in [2.75, 3.05) is 0 Å². The van der Waals surface area contributed by atoms with Crippen molar-refractivity contribution in [2.24, 2.45) is 0 Å². The molecule has 41 valence electrons. The van der Waals surface area contributed by atoms with E-state index in [0.717, 1.165) is 5.69 Å². The number of nitrogens with one attached hydrogen (secondary N) is 1. The normalized spacial score (nSPS) is 10.6. The molecule has 1 radical (unpaired) electrons. The van der Waals surface area contributed by atoms with Crippen molar-refractivity contribution < 1.29 is 0 Å². The maximum absolute atomic E-state index is 3.85. The van der Waals surface area contributed by atoms with Crippen LogP contribution in [-0.4, -0.2) is 10.2 Å². The van der Waals surface area contributed by atoms with Crippen molar-refractivity contribution in [3.63, 3.8) is 0 Å². The largest absolute Gasteiger partial charge is 0.285 e. The van der Waals surface area contributed by atoms with Gasteiger partial charge in [0, 0.05) is 6.20 Å². The fourth-order valence-corrected chi connectivity index (χ4v) is 0.485. The Hall–Kier alpha value is -1.05. The smallest absolute Gasteiger partial charge is 0.0845 e. The summed E-state index contributed by atoms with van der Waals surface area (Å²) >= 11 is 0. The van der Waals surface area contributed by atoms with Crippen LogP contribution in [0.3, 0.4) is 0 Å². The number of aromatic amines is 1. The van der Waals surface area contributed by atoms with Crippen LogP contribution in [0, 0.1) is 6.92 Å². The van der Waals surface area contributed by atoms with Gasteiger partial charge in [-0.3, -0.25) is 5.10 Å². The van der Waals surface area contributed by atoms with E-state index in [0.29, 0.717) is 0 Å². The molecule has 0 aliphatic heterocycles. The van der Waals surface area contributed by atoms with Crippen molar-refractivity contribution in [3.8, 4) is 0 Å². The summed E-state index contributed by atoms with van der Waals surface area (Å²) in [6.07, 6.45) is 5.31. The van der Waals surface area contributed by atoms with E-state index >= 15 is 0 Å². The quantitative estimate of drug-likeness (QED) is 0.575. The Bertz CT molecular complexity index is 163. The summed E-state index contributed by atoms with van der Waals surface area (Å²) in [5.74, 6) is 0. The lowest BCUT2D eigenvalue weighted by molar-refractivity contribution is 1.08. The van der Waals surface area contributed by atoms with Gasteiger partial charge >= 0.3 is 0 Å². The first-order chi connectivity index (χ1) is 3.93. The van der Waals surface area contributed by atoms with Gasteiger partial charge in [0.25, 0.3) is 0 Å². The molecule has 0 fully saturated rings. The molecule has 8 heavy (non-hydrogen) atoms. The molecule has 1 rings (SSSR count). The van der Waals surface area contributed by atoms with Crippen LogP contribution < -0.4 is 0 Å². The maximum atomic E-state index is 3.85. The summed E-state index contributed by atoms with van der Waals surface area (Å²) in [7, 11) is 0. The highest BCUT2D eigenvalue weighted by molar-refractivity contribution is 5.43. The fraction of sp³-hybridized carbons (Fsp3) is 0. The average Bonchev–Trinajstić information content (AvgIpc) is 2.19. The van der Waals surface area contributed by atoms with Crippen molar-refractivity contribution in [2.45, 2.75) is 0 Å². The number of aromatic nitrogens is 2. The average molecular weight is 107 g/mol. The Morgan fingerprint density at radius 1 is 1.75 bits per heavy atom. The predicted molar refractivity (Wildman–Crippen MR) is 33.0 cm³/mol. The number of allylic oxidation sites excluding steroid dienone is 1. The van der Waals surface area contributed by atoms with Crippen molar-refractivity contribution in [1.29, 1.82) is 0 Å². The lowest BCUT2D eigenvalue weighted by Gasteiger charge is -1.73. The Morgan fingerprint density at radius 2 is 2.62 bits per heavy atom. The fourth-order valence-electron chi connectivity index (χ4n) is 0.485. The van der Waals surface area contributed by atoms with Crippen LogP contribution in [0.2, 0.25) is 0 Å². The molecule has 2 nitrogen and oxygen atoms in total. The van der Waals surface area contributed by atoms with Crippen LogP contribution in [0.15, 0.2) is 18.3 Å². The molecule has 0 unspecified atom stereocenters. The van der Waals surface area contributed by atoms with Crippen LogP contribution in [-0.2, 0) is 0 Å². The first-order valence-corrected chi connectivity index (χ1v) is 2.39. The van der Waals surface area contributed by atoms with Gasteiger partial charge in [0.05, 0.1) is 5.69 Å². The van der Waals surface area contributed by atoms with Gasteiger partial charge in [0.2, 0.25) is 0 Å². The van der Waals surface area contributed by atoms with Gasteiger partial charge in [0.15, 0.2) is 0 Å². The van der Waals surface area contributed by atoms with Gasteiger partial charge in [-0.1, -0.05) is 6.08 Å². The first-order valence-electron chi connectivity index (χ1n) is 2.39. The van der Waals surface area contributed by atoms with Gasteiger partial charge in [-0.05, 0) is 19.1 Å². The molecule has 0 aromatic carbocycles. The number of hydrogen-bond donors (Lipinski definition) is 1. The van der Waals surface area contributed by atoms with Crippen molar-refractivity contribution in [3.05, 3.63) is 31.0 Å². The minimum absolute atomic E-state index is 0.917. The molecule has 1 heterocycles. The lowest BCUT2D eigenvalue weighted by Crippen LogP contribution is -1.67. The third-order valence-electron chi connectivity index (χ3n) is 0.811. The standard InChI is InChI=1S/C6H7N2/c1-2-3-6-4-5-7-8-6/h2-5H,1H2,(H,7,8)/b3-2+. The summed E-state index contributed by atoms with van der Waals surface area (Å²) in [6.45, 7) is 3.53. The zero-order valence-corrected chi connectivity index (χ0v) is 4.46. The van der Waals surface area contributed by atoms with Gasteiger partial charge in [0.1, 0.15) is 0 Å². The molecular weight excluding hydrogens is 100 g/mol.